The summed E-state index contributed by atoms with van der Waals surface area (Å²) in [5, 5.41) is 0. The molecule has 0 bridgehead atoms. The Labute approximate surface area is 157 Å². The zero-order valence-corrected chi connectivity index (χ0v) is 16.2. The lowest BCUT2D eigenvalue weighted by molar-refractivity contribution is -0.134. The van der Waals surface area contributed by atoms with Crippen LogP contribution in [0.25, 0.3) is 11.4 Å². The molecule has 4 heteroatoms. The first kappa shape index (κ1) is 20.1. The van der Waals surface area contributed by atoms with Gasteiger partial charge in [-0.3, -0.25) is 4.79 Å². The molecule has 1 unspecified atom stereocenters. The molecule has 1 aromatic carbocycles. The van der Waals surface area contributed by atoms with E-state index in [0.717, 1.165) is 36.9 Å². The molecule has 0 aliphatic heterocycles. The van der Waals surface area contributed by atoms with Gasteiger partial charge in [0.05, 0.1) is 5.56 Å². The van der Waals surface area contributed by atoms with Crippen molar-refractivity contribution in [3.63, 3.8) is 0 Å². The van der Waals surface area contributed by atoms with Crippen molar-refractivity contribution in [3.05, 3.63) is 42.2 Å². The maximum Gasteiger partial charge on any atom is 0.311 e. The minimum absolute atomic E-state index is 0.197. The Hall–Kier alpha value is -2.23. The summed E-state index contributed by atoms with van der Waals surface area (Å²) in [5.41, 5.74) is 1.79. The van der Waals surface area contributed by atoms with Crippen molar-refractivity contribution < 1.29 is 9.53 Å². The number of carbonyl (C=O) groups is 1. The molecule has 0 saturated carbocycles. The molecule has 0 radical (unpaired) electrons. The molecule has 26 heavy (non-hydrogen) atoms. The molecule has 2 rings (SSSR count). The summed E-state index contributed by atoms with van der Waals surface area (Å²) in [6.07, 6.45) is 8.59. The van der Waals surface area contributed by atoms with Crippen molar-refractivity contribution in [1.29, 1.82) is 0 Å². The summed E-state index contributed by atoms with van der Waals surface area (Å²) in [7, 11) is 0. The molecule has 140 valence electrons. The number of para-hydroxylation sites is 1. The van der Waals surface area contributed by atoms with Crippen LogP contribution in [0.2, 0.25) is 0 Å². The molecular formula is C22H30N2O2. The normalized spacial score (nSPS) is 12.0. The molecule has 1 aromatic heterocycles. The summed E-state index contributed by atoms with van der Waals surface area (Å²) in [6, 6.07) is 9.46. The third-order valence-corrected chi connectivity index (χ3v) is 4.64. The van der Waals surface area contributed by atoms with E-state index in [1.54, 1.807) is 6.20 Å². The van der Waals surface area contributed by atoms with E-state index in [4.69, 9.17) is 4.74 Å². The summed E-state index contributed by atoms with van der Waals surface area (Å²) in [6.45, 7) is 6.48. The SMILES string of the molecule is CCCCCc1ccnc(-c2ccccc2OC(=O)CCC(C)CC)n1. The van der Waals surface area contributed by atoms with Crippen LogP contribution < -0.4 is 4.74 Å². The second kappa shape index (κ2) is 10.7. The molecule has 4 nitrogen and oxygen atoms in total. The maximum absolute atomic E-state index is 12.2. The van der Waals surface area contributed by atoms with Gasteiger partial charge in [-0.2, -0.15) is 0 Å². The first-order chi connectivity index (χ1) is 12.6. The first-order valence-electron chi connectivity index (χ1n) is 9.76. The standard InChI is InChI=1S/C22H30N2O2/c1-4-6-7-10-18-15-16-23-22(24-18)19-11-8-9-12-20(19)26-21(25)14-13-17(3)5-2/h8-9,11-12,15-17H,4-7,10,13-14H2,1-3H3. The minimum Gasteiger partial charge on any atom is -0.426 e. The summed E-state index contributed by atoms with van der Waals surface area (Å²) >= 11 is 0. The van der Waals surface area contributed by atoms with Crippen LogP contribution in [0.3, 0.4) is 0 Å². The van der Waals surface area contributed by atoms with Crippen LogP contribution in [-0.2, 0) is 11.2 Å². The van der Waals surface area contributed by atoms with E-state index in [1.165, 1.54) is 12.8 Å². The molecule has 0 aliphatic rings. The van der Waals surface area contributed by atoms with Crippen molar-refractivity contribution >= 4 is 5.97 Å². The lowest BCUT2D eigenvalue weighted by Gasteiger charge is -2.11. The Bertz CT molecular complexity index is 700. The zero-order valence-electron chi connectivity index (χ0n) is 16.2. The number of hydrogen-bond acceptors (Lipinski definition) is 4. The van der Waals surface area contributed by atoms with Gasteiger partial charge in [0.25, 0.3) is 0 Å². The summed E-state index contributed by atoms with van der Waals surface area (Å²) in [4.78, 5) is 21.3. The van der Waals surface area contributed by atoms with Crippen LogP contribution in [0.1, 0.15) is 65.0 Å². The highest BCUT2D eigenvalue weighted by Gasteiger charge is 2.13. The number of aromatic nitrogens is 2. The van der Waals surface area contributed by atoms with Crippen molar-refractivity contribution in [2.75, 3.05) is 0 Å². The Morgan fingerprint density at radius 1 is 1.15 bits per heavy atom. The number of rotatable bonds is 10. The van der Waals surface area contributed by atoms with Crippen molar-refractivity contribution in [1.82, 2.24) is 9.97 Å². The van der Waals surface area contributed by atoms with E-state index in [0.29, 0.717) is 23.9 Å². The van der Waals surface area contributed by atoms with Gasteiger partial charge in [-0.15, -0.1) is 0 Å². The molecule has 2 aromatic rings. The van der Waals surface area contributed by atoms with Crippen LogP contribution in [0.5, 0.6) is 5.75 Å². The van der Waals surface area contributed by atoms with Gasteiger partial charge in [-0.25, -0.2) is 9.97 Å². The molecular weight excluding hydrogens is 324 g/mol. The predicted molar refractivity (Wildman–Crippen MR) is 105 cm³/mol. The van der Waals surface area contributed by atoms with E-state index in [-0.39, 0.29) is 5.97 Å². The van der Waals surface area contributed by atoms with E-state index in [2.05, 4.69) is 30.7 Å². The van der Waals surface area contributed by atoms with Crippen LogP contribution in [0.4, 0.5) is 0 Å². The van der Waals surface area contributed by atoms with Gasteiger partial charge in [0.2, 0.25) is 0 Å². The molecule has 0 aliphatic carbocycles. The van der Waals surface area contributed by atoms with E-state index in [9.17, 15) is 4.79 Å². The quantitative estimate of drug-likeness (QED) is 0.316. The fraction of sp³-hybridized carbons (Fsp3) is 0.500. The second-order valence-electron chi connectivity index (χ2n) is 6.85. The molecule has 0 N–H and O–H groups in total. The molecule has 0 amide bonds. The number of esters is 1. The number of benzene rings is 1. The number of nitrogens with zero attached hydrogens (tertiary/aromatic N) is 2. The number of aryl methyl sites for hydroxylation is 1. The first-order valence-corrected chi connectivity index (χ1v) is 9.76. The Balaban J connectivity index is 2.11. The van der Waals surface area contributed by atoms with E-state index >= 15 is 0 Å². The van der Waals surface area contributed by atoms with Crippen LogP contribution in [0, 0.1) is 5.92 Å². The number of hydrogen-bond donors (Lipinski definition) is 0. The van der Waals surface area contributed by atoms with Gasteiger partial charge in [-0.1, -0.05) is 52.2 Å². The highest BCUT2D eigenvalue weighted by atomic mass is 16.5. The van der Waals surface area contributed by atoms with Gasteiger partial charge in [0.1, 0.15) is 5.75 Å². The van der Waals surface area contributed by atoms with Crippen LogP contribution in [0.15, 0.2) is 36.5 Å². The highest BCUT2D eigenvalue weighted by Crippen LogP contribution is 2.28. The molecule has 1 atom stereocenters. The maximum atomic E-state index is 12.2. The fourth-order valence-electron chi connectivity index (χ4n) is 2.70. The fourth-order valence-corrected chi connectivity index (χ4v) is 2.70. The number of ether oxygens (including phenoxy) is 1. The molecule has 0 fully saturated rings. The molecule has 0 saturated heterocycles. The summed E-state index contributed by atoms with van der Waals surface area (Å²) < 4.78 is 5.61. The molecule has 0 spiro atoms. The second-order valence-corrected chi connectivity index (χ2v) is 6.85. The third-order valence-electron chi connectivity index (χ3n) is 4.64. The number of unbranched alkanes of at least 4 members (excludes halogenated alkanes) is 2. The average Bonchev–Trinajstić information content (AvgIpc) is 2.67. The Morgan fingerprint density at radius 3 is 2.73 bits per heavy atom. The number of carbonyl (C=O) groups excluding carboxylic acids is 1. The average molecular weight is 354 g/mol. The lowest BCUT2D eigenvalue weighted by atomic mass is 10.0. The monoisotopic (exact) mass is 354 g/mol. The van der Waals surface area contributed by atoms with Crippen LogP contribution >= 0.6 is 0 Å². The van der Waals surface area contributed by atoms with Gasteiger partial charge >= 0.3 is 5.97 Å². The van der Waals surface area contributed by atoms with Crippen molar-refractivity contribution in [2.24, 2.45) is 5.92 Å². The Morgan fingerprint density at radius 2 is 1.96 bits per heavy atom. The van der Waals surface area contributed by atoms with Gasteiger partial charge in [0, 0.05) is 18.3 Å². The topological polar surface area (TPSA) is 52.1 Å². The molecule has 1 heterocycles. The van der Waals surface area contributed by atoms with E-state index in [1.807, 2.05) is 30.3 Å². The summed E-state index contributed by atoms with van der Waals surface area (Å²) in [5.74, 6) is 1.48. The van der Waals surface area contributed by atoms with E-state index < -0.39 is 0 Å². The smallest absolute Gasteiger partial charge is 0.311 e. The zero-order chi connectivity index (χ0) is 18.8. The van der Waals surface area contributed by atoms with Gasteiger partial charge in [0.15, 0.2) is 5.82 Å². The predicted octanol–water partition coefficient (Wildman–Crippen LogP) is 5.61. The van der Waals surface area contributed by atoms with Gasteiger partial charge < -0.3 is 4.74 Å². The lowest BCUT2D eigenvalue weighted by Crippen LogP contribution is -2.10. The third kappa shape index (κ3) is 6.25. The largest absolute Gasteiger partial charge is 0.426 e. The highest BCUT2D eigenvalue weighted by molar-refractivity contribution is 5.76. The van der Waals surface area contributed by atoms with Crippen molar-refractivity contribution in [3.8, 4) is 17.1 Å². The van der Waals surface area contributed by atoms with Crippen LogP contribution in [-0.4, -0.2) is 15.9 Å². The van der Waals surface area contributed by atoms with Gasteiger partial charge in [-0.05, 0) is 43.4 Å². The Kier molecular flexibility index (Phi) is 8.26. The minimum atomic E-state index is -0.197. The van der Waals surface area contributed by atoms with Crippen molar-refractivity contribution in [2.45, 2.75) is 65.7 Å².